The van der Waals surface area contributed by atoms with E-state index in [0.717, 1.165) is 4.90 Å². The van der Waals surface area contributed by atoms with Crippen molar-refractivity contribution in [3.8, 4) is 0 Å². The number of anilines is 1. The van der Waals surface area contributed by atoms with Crippen LogP contribution in [0.25, 0.3) is 0 Å². The molecule has 0 aliphatic carbocycles. The predicted molar refractivity (Wildman–Crippen MR) is 61.8 cm³/mol. The van der Waals surface area contributed by atoms with Crippen molar-refractivity contribution in [1.82, 2.24) is 4.98 Å². The number of halogens is 3. The number of hydrogen-bond acceptors (Lipinski definition) is 3. The molecule has 1 saturated heterocycles. The molecule has 1 aliphatic heterocycles. The summed E-state index contributed by atoms with van der Waals surface area (Å²) in [6, 6.07) is 2.94. The molecular formula is C12H13F3N2O2. The van der Waals surface area contributed by atoms with E-state index >= 15 is 0 Å². The summed E-state index contributed by atoms with van der Waals surface area (Å²) >= 11 is 0. The van der Waals surface area contributed by atoms with Crippen LogP contribution in [-0.4, -0.2) is 34.8 Å². The largest absolute Gasteiger partial charge is 0.481 e. The summed E-state index contributed by atoms with van der Waals surface area (Å²) in [5.74, 6) is -1.89. The first kappa shape index (κ1) is 13.6. The summed E-state index contributed by atoms with van der Waals surface area (Å²) < 4.78 is 39.2. The highest BCUT2D eigenvalue weighted by Gasteiger charge is 2.48. The Balaban J connectivity index is 2.26. The van der Waals surface area contributed by atoms with Crippen LogP contribution in [0.3, 0.4) is 0 Å². The standard InChI is InChI=1S/C12H13F3N2O2/c13-12(14,15)9-7-8(11(18)19)4-6-17(9)10-3-1-2-5-16-10/h1-3,5,8-9H,4,6-7H2,(H,18,19). The van der Waals surface area contributed by atoms with Gasteiger partial charge in [0.1, 0.15) is 11.9 Å². The molecule has 0 saturated carbocycles. The lowest BCUT2D eigenvalue weighted by Crippen LogP contribution is -2.52. The van der Waals surface area contributed by atoms with Gasteiger partial charge in [0.2, 0.25) is 0 Å². The molecule has 2 unspecified atom stereocenters. The molecule has 104 valence electrons. The van der Waals surface area contributed by atoms with Gasteiger partial charge in [0.05, 0.1) is 5.92 Å². The van der Waals surface area contributed by atoms with Gasteiger partial charge in [-0.25, -0.2) is 4.98 Å². The van der Waals surface area contributed by atoms with E-state index in [1.54, 1.807) is 12.1 Å². The average molecular weight is 274 g/mol. The first-order valence-electron chi connectivity index (χ1n) is 5.87. The Bertz CT molecular complexity index is 450. The summed E-state index contributed by atoms with van der Waals surface area (Å²) in [7, 11) is 0. The highest BCUT2D eigenvalue weighted by Crippen LogP contribution is 2.36. The van der Waals surface area contributed by atoms with Crippen LogP contribution in [0.15, 0.2) is 24.4 Å². The fraction of sp³-hybridized carbons (Fsp3) is 0.500. The molecule has 7 heteroatoms. The van der Waals surface area contributed by atoms with Crippen molar-refractivity contribution in [2.24, 2.45) is 5.92 Å². The molecule has 0 spiro atoms. The predicted octanol–water partition coefficient (Wildman–Crippen LogP) is 2.31. The van der Waals surface area contributed by atoms with Crippen LogP contribution in [0.2, 0.25) is 0 Å². The van der Waals surface area contributed by atoms with E-state index in [-0.39, 0.29) is 18.8 Å². The number of hydrogen-bond donors (Lipinski definition) is 1. The molecule has 1 aliphatic rings. The van der Waals surface area contributed by atoms with Crippen molar-refractivity contribution in [2.75, 3.05) is 11.4 Å². The van der Waals surface area contributed by atoms with Crippen molar-refractivity contribution in [3.63, 3.8) is 0 Å². The second kappa shape index (κ2) is 5.07. The second-order valence-electron chi connectivity index (χ2n) is 4.50. The van der Waals surface area contributed by atoms with Gasteiger partial charge < -0.3 is 10.0 Å². The highest BCUT2D eigenvalue weighted by molar-refractivity contribution is 5.70. The SMILES string of the molecule is O=C(O)C1CCN(c2ccccn2)C(C(F)(F)F)C1. The maximum atomic E-state index is 13.1. The van der Waals surface area contributed by atoms with Gasteiger partial charge in [-0.3, -0.25) is 4.79 Å². The number of piperidine rings is 1. The van der Waals surface area contributed by atoms with E-state index in [0.29, 0.717) is 0 Å². The molecule has 0 bridgehead atoms. The van der Waals surface area contributed by atoms with Crippen LogP contribution in [-0.2, 0) is 4.79 Å². The number of pyridine rings is 1. The summed E-state index contributed by atoms with van der Waals surface area (Å²) in [4.78, 5) is 15.9. The van der Waals surface area contributed by atoms with Crippen molar-refractivity contribution in [3.05, 3.63) is 24.4 Å². The zero-order chi connectivity index (χ0) is 14.0. The third kappa shape index (κ3) is 2.97. The molecule has 19 heavy (non-hydrogen) atoms. The van der Waals surface area contributed by atoms with Gasteiger partial charge >= 0.3 is 12.1 Å². The number of carboxylic acids is 1. The molecule has 2 rings (SSSR count). The molecular weight excluding hydrogens is 261 g/mol. The smallest absolute Gasteiger partial charge is 0.408 e. The van der Waals surface area contributed by atoms with Crippen LogP contribution in [0.4, 0.5) is 19.0 Å². The molecule has 1 N–H and O–H groups in total. The number of aliphatic carboxylic acids is 1. The maximum Gasteiger partial charge on any atom is 0.408 e. The number of nitrogens with zero attached hydrogens (tertiary/aromatic N) is 2. The molecule has 1 aromatic heterocycles. The van der Waals surface area contributed by atoms with E-state index in [2.05, 4.69) is 4.98 Å². The first-order valence-corrected chi connectivity index (χ1v) is 5.87. The van der Waals surface area contributed by atoms with Gasteiger partial charge in [-0.15, -0.1) is 0 Å². The average Bonchev–Trinajstić information content (AvgIpc) is 2.38. The van der Waals surface area contributed by atoms with Crippen LogP contribution in [0.5, 0.6) is 0 Å². The van der Waals surface area contributed by atoms with Gasteiger partial charge in [-0.05, 0) is 25.0 Å². The fourth-order valence-corrected chi connectivity index (χ4v) is 2.30. The van der Waals surface area contributed by atoms with Crippen LogP contribution >= 0.6 is 0 Å². The lowest BCUT2D eigenvalue weighted by Gasteiger charge is -2.39. The molecule has 1 fully saturated rings. The minimum Gasteiger partial charge on any atom is -0.481 e. The molecule has 2 atom stereocenters. The molecule has 4 nitrogen and oxygen atoms in total. The third-order valence-electron chi connectivity index (χ3n) is 3.27. The normalized spacial score (nSPS) is 24.3. The summed E-state index contributed by atoms with van der Waals surface area (Å²) in [6.45, 7) is 0.0398. The Morgan fingerprint density at radius 1 is 1.42 bits per heavy atom. The number of alkyl halides is 3. The van der Waals surface area contributed by atoms with E-state index in [1.165, 1.54) is 12.3 Å². The summed E-state index contributed by atoms with van der Waals surface area (Å²) in [5, 5.41) is 8.88. The van der Waals surface area contributed by atoms with Gasteiger partial charge in [-0.2, -0.15) is 13.2 Å². The summed E-state index contributed by atoms with van der Waals surface area (Å²) in [5.41, 5.74) is 0. The molecule has 0 aromatic carbocycles. The zero-order valence-electron chi connectivity index (χ0n) is 9.97. The molecule has 0 radical (unpaired) electrons. The van der Waals surface area contributed by atoms with Gasteiger partial charge in [-0.1, -0.05) is 6.07 Å². The van der Waals surface area contributed by atoms with Crippen molar-refractivity contribution in [2.45, 2.75) is 25.1 Å². The number of rotatable bonds is 2. The lowest BCUT2D eigenvalue weighted by atomic mass is 9.90. The molecule has 2 heterocycles. The number of carboxylic acid groups (broad SMARTS) is 1. The Morgan fingerprint density at radius 2 is 2.16 bits per heavy atom. The monoisotopic (exact) mass is 274 g/mol. The van der Waals surface area contributed by atoms with Crippen molar-refractivity contribution < 1.29 is 23.1 Å². The zero-order valence-corrected chi connectivity index (χ0v) is 9.97. The van der Waals surface area contributed by atoms with Crippen molar-refractivity contribution >= 4 is 11.8 Å². The Morgan fingerprint density at radius 3 is 2.68 bits per heavy atom. The van der Waals surface area contributed by atoms with E-state index in [1.807, 2.05) is 0 Å². The molecule has 1 aromatic rings. The Hall–Kier alpha value is -1.79. The maximum absolute atomic E-state index is 13.1. The number of carbonyl (C=O) groups is 1. The summed E-state index contributed by atoms with van der Waals surface area (Å²) in [6.07, 6.45) is -3.29. The molecule has 0 amide bonds. The Labute approximate surface area is 107 Å². The van der Waals surface area contributed by atoms with Crippen molar-refractivity contribution in [1.29, 1.82) is 0 Å². The highest BCUT2D eigenvalue weighted by atomic mass is 19.4. The van der Waals surface area contributed by atoms with Crippen LogP contribution < -0.4 is 4.90 Å². The fourth-order valence-electron chi connectivity index (χ4n) is 2.30. The van der Waals surface area contributed by atoms with Gasteiger partial charge in [0.25, 0.3) is 0 Å². The third-order valence-corrected chi connectivity index (χ3v) is 3.27. The van der Waals surface area contributed by atoms with E-state index < -0.39 is 30.5 Å². The van der Waals surface area contributed by atoms with E-state index in [4.69, 9.17) is 5.11 Å². The first-order chi connectivity index (χ1) is 8.89. The number of aromatic nitrogens is 1. The lowest BCUT2D eigenvalue weighted by molar-refractivity contribution is -0.161. The van der Waals surface area contributed by atoms with Gasteiger partial charge in [0.15, 0.2) is 0 Å². The Kier molecular flexibility index (Phi) is 3.64. The second-order valence-corrected chi connectivity index (χ2v) is 4.50. The quantitative estimate of drug-likeness (QED) is 0.899. The van der Waals surface area contributed by atoms with E-state index in [9.17, 15) is 18.0 Å². The minimum atomic E-state index is -4.47. The van der Waals surface area contributed by atoms with Crippen LogP contribution in [0.1, 0.15) is 12.8 Å². The van der Waals surface area contributed by atoms with Gasteiger partial charge in [0, 0.05) is 12.7 Å². The topological polar surface area (TPSA) is 53.4 Å². The minimum absolute atomic E-state index is 0.0398. The van der Waals surface area contributed by atoms with Crippen LogP contribution in [0, 0.1) is 5.92 Å².